The molecule has 0 aliphatic carbocycles. The Morgan fingerprint density at radius 3 is 2.53 bits per heavy atom. The van der Waals surface area contributed by atoms with E-state index in [2.05, 4.69) is 11.6 Å². The summed E-state index contributed by atoms with van der Waals surface area (Å²) < 4.78 is 12.8. The van der Waals surface area contributed by atoms with E-state index >= 15 is 0 Å². The SMILES string of the molecule is C=Cc1cnccc1-c1ccc(F)cc1. The predicted octanol–water partition coefficient (Wildman–Crippen LogP) is 3.53. The number of hydrogen-bond donors (Lipinski definition) is 0. The third-order valence-corrected chi connectivity index (χ3v) is 2.23. The maximum atomic E-state index is 12.8. The first-order chi connectivity index (χ1) is 7.31. The average molecular weight is 199 g/mol. The lowest BCUT2D eigenvalue weighted by molar-refractivity contribution is 0.628. The van der Waals surface area contributed by atoms with Gasteiger partial charge in [0, 0.05) is 18.0 Å². The van der Waals surface area contributed by atoms with E-state index in [4.69, 9.17) is 0 Å². The van der Waals surface area contributed by atoms with Gasteiger partial charge in [-0.15, -0.1) is 0 Å². The first-order valence-corrected chi connectivity index (χ1v) is 4.63. The van der Waals surface area contributed by atoms with Crippen molar-refractivity contribution in [1.82, 2.24) is 4.98 Å². The summed E-state index contributed by atoms with van der Waals surface area (Å²) >= 11 is 0. The Bertz CT molecular complexity index is 474. The molecule has 1 heterocycles. The highest BCUT2D eigenvalue weighted by molar-refractivity contribution is 5.73. The van der Waals surface area contributed by atoms with Crippen molar-refractivity contribution in [3.8, 4) is 11.1 Å². The van der Waals surface area contributed by atoms with Crippen LogP contribution in [0.2, 0.25) is 0 Å². The van der Waals surface area contributed by atoms with E-state index in [1.165, 1.54) is 12.1 Å². The number of rotatable bonds is 2. The third-order valence-electron chi connectivity index (χ3n) is 2.23. The molecule has 1 aromatic heterocycles. The molecule has 0 bridgehead atoms. The topological polar surface area (TPSA) is 12.9 Å². The van der Waals surface area contributed by atoms with Crippen LogP contribution in [-0.2, 0) is 0 Å². The maximum absolute atomic E-state index is 12.8. The molecule has 2 aromatic rings. The highest BCUT2D eigenvalue weighted by Gasteiger charge is 2.01. The minimum atomic E-state index is -0.229. The number of hydrogen-bond acceptors (Lipinski definition) is 1. The van der Waals surface area contributed by atoms with Crippen molar-refractivity contribution in [2.24, 2.45) is 0 Å². The van der Waals surface area contributed by atoms with E-state index in [-0.39, 0.29) is 5.82 Å². The first-order valence-electron chi connectivity index (χ1n) is 4.63. The molecule has 0 amide bonds. The standard InChI is InChI=1S/C13H10FN/c1-2-10-9-15-8-7-13(10)11-3-5-12(14)6-4-11/h2-9H,1H2. The smallest absolute Gasteiger partial charge is 0.123 e. The van der Waals surface area contributed by atoms with Crippen LogP contribution < -0.4 is 0 Å². The Kier molecular flexibility index (Phi) is 2.59. The number of aromatic nitrogens is 1. The van der Waals surface area contributed by atoms with Crippen molar-refractivity contribution in [3.63, 3.8) is 0 Å². The van der Waals surface area contributed by atoms with Gasteiger partial charge in [0.05, 0.1) is 0 Å². The molecule has 15 heavy (non-hydrogen) atoms. The molecule has 0 unspecified atom stereocenters. The molecule has 0 saturated carbocycles. The van der Waals surface area contributed by atoms with Gasteiger partial charge in [-0.3, -0.25) is 4.98 Å². The van der Waals surface area contributed by atoms with Crippen LogP contribution in [0.15, 0.2) is 49.3 Å². The zero-order valence-electron chi connectivity index (χ0n) is 8.15. The minimum absolute atomic E-state index is 0.229. The number of nitrogens with zero attached hydrogens (tertiary/aromatic N) is 1. The Morgan fingerprint density at radius 2 is 1.87 bits per heavy atom. The van der Waals surface area contributed by atoms with E-state index in [0.29, 0.717) is 0 Å². The summed E-state index contributed by atoms with van der Waals surface area (Å²) in [5.74, 6) is -0.229. The van der Waals surface area contributed by atoms with Gasteiger partial charge in [-0.25, -0.2) is 4.39 Å². The van der Waals surface area contributed by atoms with Crippen LogP contribution in [0, 0.1) is 5.82 Å². The summed E-state index contributed by atoms with van der Waals surface area (Å²) in [6.07, 6.45) is 5.20. The summed E-state index contributed by atoms with van der Waals surface area (Å²) in [5.41, 5.74) is 2.93. The van der Waals surface area contributed by atoms with E-state index in [0.717, 1.165) is 16.7 Å². The molecule has 2 rings (SSSR count). The fraction of sp³-hybridized carbons (Fsp3) is 0. The van der Waals surface area contributed by atoms with Gasteiger partial charge in [0.15, 0.2) is 0 Å². The average Bonchev–Trinajstić information content (AvgIpc) is 2.30. The van der Waals surface area contributed by atoms with E-state index in [9.17, 15) is 4.39 Å². The summed E-state index contributed by atoms with van der Waals surface area (Å²) in [4.78, 5) is 4.01. The van der Waals surface area contributed by atoms with Crippen molar-refractivity contribution in [3.05, 3.63) is 60.7 Å². The second-order valence-corrected chi connectivity index (χ2v) is 3.17. The van der Waals surface area contributed by atoms with E-state index in [1.54, 1.807) is 30.6 Å². The molecule has 1 aromatic carbocycles. The number of halogens is 1. The van der Waals surface area contributed by atoms with E-state index in [1.807, 2.05) is 6.07 Å². The van der Waals surface area contributed by atoms with Crippen LogP contribution in [0.5, 0.6) is 0 Å². The third kappa shape index (κ3) is 1.94. The molecule has 0 saturated heterocycles. The molecular formula is C13H10FN. The number of pyridine rings is 1. The zero-order chi connectivity index (χ0) is 10.7. The fourth-order valence-corrected chi connectivity index (χ4v) is 1.46. The number of benzene rings is 1. The molecule has 74 valence electrons. The second-order valence-electron chi connectivity index (χ2n) is 3.17. The lowest BCUT2D eigenvalue weighted by Gasteiger charge is -2.04. The highest BCUT2D eigenvalue weighted by Crippen LogP contribution is 2.23. The van der Waals surface area contributed by atoms with Gasteiger partial charge in [-0.1, -0.05) is 24.8 Å². The quantitative estimate of drug-likeness (QED) is 0.721. The van der Waals surface area contributed by atoms with Crippen molar-refractivity contribution in [2.45, 2.75) is 0 Å². The molecule has 0 atom stereocenters. The normalized spacial score (nSPS) is 9.93. The van der Waals surface area contributed by atoms with Crippen LogP contribution in [0.4, 0.5) is 4.39 Å². The fourth-order valence-electron chi connectivity index (χ4n) is 1.46. The van der Waals surface area contributed by atoms with Gasteiger partial charge in [0.1, 0.15) is 5.82 Å². The molecule has 0 spiro atoms. The molecule has 0 N–H and O–H groups in total. The van der Waals surface area contributed by atoms with Crippen molar-refractivity contribution in [2.75, 3.05) is 0 Å². The van der Waals surface area contributed by atoms with Gasteiger partial charge in [-0.2, -0.15) is 0 Å². The summed E-state index contributed by atoms with van der Waals surface area (Å²) in [5, 5.41) is 0. The van der Waals surface area contributed by atoms with Crippen LogP contribution in [0.1, 0.15) is 5.56 Å². The van der Waals surface area contributed by atoms with Gasteiger partial charge in [0.25, 0.3) is 0 Å². The van der Waals surface area contributed by atoms with Crippen LogP contribution in [0.3, 0.4) is 0 Å². The van der Waals surface area contributed by atoms with Crippen molar-refractivity contribution in [1.29, 1.82) is 0 Å². The summed E-state index contributed by atoms with van der Waals surface area (Å²) in [6.45, 7) is 3.72. The first kappa shape index (κ1) is 9.59. The van der Waals surface area contributed by atoms with Crippen LogP contribution in [0.25, 0.3) is 17.2 Å². The monoisotopic (exact) mass is 199 g/mol. The Labute approximate surface area is 87.9 Å². The van der Waals surface area contributed by atoms with Crippen molar-refractivity contribution < 1.29 is 4.39 Å². The Balaban J connectivity index is 2.53. The molecule has 0 radical (unpaired) electrons. The lowest BCUT2D eigenvalue weighted by Crippen LogP contribution is -1.84. The minimum Gasteiger partial charge on any atom is -0.264 e. The maximum Gasteiger partial charge on any atom is 0.123 e. The summed E-state index contributed by atoms with van der Waals surface area (Å²) in [6, 6.07) is 8.28. The van der Waals surface area contributed by atoms with Gasteiger partial charge in [-0.05, 0) is 29.3 Å². The zero-order valence-corrected chi connectivity index (χ0v) is 8.15. The van der Waals surface area contributed by atoms with Crippen LogP contribution >= 0.6 is 0 Å². The lowest BCUT2D eigenvalue weighted by atomic mass is 10.0. The molecule has 0 aliphatic rings. The molecule has 1 nitrogen and oxygen atoms in total. The van der Waals surface area contributed by atoms with E-state index < -0.39 is 0 Å². The Hall–Kier alpha value is -1.96. The highest BCUT2D eigenvalue weighted by atomic mass is 19.1. The molecular weight excluding hydrogens is 189 g/mol. The Morgan fingerprint density at radius 1 is 1.13 bits per heavy atom. The second kappa shape index (κ2) is 4.05. The van der Waals surface area contributed by atoms with Gasteiger partial charge >= 0.3 is 0 Å². The largest absolute Gasteiger partial charge is 0.264 e. The van der Waals surface area contributed by atoms with Crippen LogP contribution in [-0.4, -0.2) is 4.98 Å². The molecule has 0 fully saturated rings. The van der Waals surface area contributed by atoms with Gasteiger partial charge < -0.3 is 0 Å². The predicted molar refractivity (Wildman–Crippen MR) is 59.7 cm³/mol. The molecule has 0 aliphatic heterocycles. The molecule has 2 heteroatoms. The summed E-state index contributed by atoms with van der Waals surface area (Å²) in [7, 11) is 0. The van der Waals surface area contributed by atoms with Crippen molar-refractivity contribution >= 4 is 6.08 Å². The van der Waals surface area contributed by atoms with Gasteiger partial charge in [0.2, 0.25) is 0 Å².